The smallest absolute Gasteiger partial charge is 0.264 e. The van der Waals surface area contributed by atoms with Gasteiger partial charge in [-0.05, 0) is 24.6 Å². The van der Waals surface area contributed by atoms with Crippen molar-refractivity contribution in [3.8, 4) is 0 Å². The van der Waals surface area contributed by atoms with Crippen molar-refractivity contribution in [2.24, 2.45) is 0 Å². The SMILES string of the molecule is C=C(C=O)N(Cc1ccccc1)S(=O)(=O)c1ccc(C)cc1. The largest absolute Gasteiger partial charge is 0.296 e. The summed E-state index contributed by atoms with van der Waals surface area (Å²) in [6, 6.07) is 15.6. The number of carbonyl (C=O) groups excluding carboxylic acids is 1. The highest BCUT2D eigenvalue weighted by Gasteiger charge is 2.25. The van der Waals surface area contributed by atoms with Crippen LogP contribution in [0.5, 0.6) is 0 Å². The third-order valence-corrected chi connectivity index (χ3v) is 5.05. The second-order valence-electron chi connectivity index (χ2n) is 4.92. The fraction of sp³-hybridized carbons (Fsp3) is 0.118. The molecule has 0 saturated carbocycles. The monoisotopic (exact) mass is 315 g/mol. The molecule has 0 fully saturated rings. The van der Waals surface area contributed by atoms with Crippen LogP contribution in [-0.2, 0) is 21.4 Å². The number of benzene rings is 2. The van der Waals surface area contributed by atoms with E-state index in [2.05, 4.69) is 6.58 Å². The number of sulfonamides is 1. The average molecular weight is 315 g/mol. The third kappa shape index (κ3) is 3.43. The van der Waals surface area contributed by atoms with Gasteiger partial charge < -0.3 is 0 Å². The summed E-state index contributed by atoms with van der Waals surface area (Å²) in [6.07, 6.45) is 0.453. The Balaban J connectivity index is 2.42. The minimum absolute atomic E-state index is 0.0641. The summed E-state index contributed by atoms with van der Waals surface area (Å²) in [5, 5.41) is 0. The first-order valence-electron chi connectivity index (χ1n) is 6.72. The van der Waals surface area contributed by atoms with Crippen LogP contribution in [0.2, 0.25) is 0 Å². The Hall–Kier alpha value is -2.40. The van der Waals surface area contributed by atoms with Crippen LogP contribution in [-0.4, -0.2) is 19.0 Å². The molecule has 0 aromatic heterocycles. The van der Waals surface area contributed by atoms with Crippen molar-refractivity contribution in [2.75, 3.05) is 0 Å². The van der Waals surface area contributed by atoms with Crippen LogP contribution < -0.4 is 0 Å². The van der Waals surface area contributed by atoms with Crippen molar-refractivity contribution < 1.29 is 13.2 Å². The van der Waals surface area contributed by atoms with Crippen LogP contribution in [0.1, 0.15) is 11.1 Å². The maximum atomic E-state index is 12.8. The quantitative estimate of drug-likeness (QED) is 0.608. The van der Waals surface area contributed by atoms with Crippen LogP contribution >= 0.6 is 0 Å². The molecule has 0 unspecified atom stereocenters. The molecule has 114 valence electrons. The van der Waals surface area contributed by atoms with Gasteiger partial charge in [0.05, 0.1) is 17.1 Å². The van der Waals surface area contributed by atoms with Crippen molar-refractivity contribution in [1.29, 1.82) is 0 Å². The standard InChI is InChI=1S/C17H17NO3S/c1-14-8-10-17(11-9-14)22(20,21)18(15(2)13-19)12-16-6-4-3-5-7-16/h3-11,13H,2,12H2,1H3. The molecule has 0 aliphatic carbocycles. The number of carbonyl (C=O) groups is 1. The lowest BCUT2D eigenvalue weighted by molar-refractivity contribution is -0.105. The van der Waals surface area contributed by atoms with E-state index in [0.29, 0.717) is 6.29 Å². The maximum absolute atomic E-state index is 12.8. The Kier molecular flexibility index (Phi) is 4.78. The van der Waals surface area contributed by atoms with E-state index in [-0.39, 0.29) is 17.1 Å². The summed E-state index contributed by atoms with van der Waals surface area (Å²) in [5.74, 6) is 0. The maximum Gasteiger partial charge on any atom is 0.264 e. The van der Waals surface area contributed by atoms with Crippen LogP contribution in [0.25, 0.3) is 0 Å². The van der Waals surface area contributed by atoms with E-state index in [1.165, 1.54) is 12.1 Å². The van der Waals surface area contributed by atoms with Gasteiger partial charge in [-0.2, -0.15) is 0 Å². The van der Waals surface area contributed by atoms with Gasteiger partial charge >= 0.3 is 0 Å². The Morgan fingerprint density at radius 1 is 1.09 bits per heavy atom. The highest BCUT2D eigenvalue weighted by Crippen LogP contribution is 2.22. The minimum atomic E-state index is -3.82. The lowest BCUT2D eigenvalue weighted by atomic mass is 10.2. The molecule has 0 amide bonds. The summed E-state index contributed by atoms with van der Waals surface area (Å²) in [7, 11) is -3.82. The topological polar surface area (TPSA) is 54.5 Å². The van der Waals surface area contributed by atoms with Gasteiger partial charge in [0.2, 0.25) is 0 Å². The van der Waals surface area contributed by atoms with E-state index < -0.39 is 10.0 Å². The molecule has 0 atom stereocenters. The van der Waals surface area contributed by atoms with E-state index in [0.717, 1.165) is 15.4 Å². The molecule has 0 radical (unpaired) electrons. The van der Waals surface area contributed by atoms with Gasteiger partial charge in [0.15, 0.2) is 6.29 Å². The fourth-order valence-corrected chi connectivity index (χ4v) is 3.39. The number of rotatable bonds is 6. The zero-order valence-corrected chi connectivity index (χ0v) is 13.1. The average Bonchev–Trinajstić information content (AvgIpc) is 2.53. The highest BCUT2D eigenvalue weighted by atomic mass is 32.2. The Morgan fingerprint density at radius 3 is 2.23 bits per heavy atom. The molecule has 4 nitrogen and oxygen atoms in total. The van der Waals surface area contributed by atoms with Gasteiger partial charge in [0, 0.05) is 0 Å². The second kappa shape index (κ2) is 6.58. The van der Waals surface area contributed by atoms with E-state index in [9.17, 15) is 13.2 Å². The molecule has 0 saturated heterocycles. The summed E-state index contributed by atoms with van der Waals surface area (Å²) in [5.41, 5.74) is 1.65. The molecule has 5 heteroatoms. The molecule has 0 spiro atoms. The van der Waals surface area contributed by atoms with Crippen LogP contribution in [0.4, 0.5) is 0 Å². The summed E-state index contributed by atoms with van der Waals surface area (Å²) in [4.78, 5) is 11.2. The third-order valence-electron chi connectivity index (χ3n) is 3.23. The van der Waals surface area contributed by atoms with Gasteiger partial charge in [-0.1, -0.05) is 54.6 Å². The summed E-state index contributed by atoms with van der Waals surface area (Å²) >= 11 is 0. The summed E-state index contributed by atoms with van der Waals surface area (Å²) in [6.45, 7) is 5.50. The van der Waals surface area contributed by atoms with Gasteiger partial charge in [0.1, 0.15) is 0 Å². The predicted molar refractivity (Wildman–Crippen MR) is 85.6 cm³/mol. The Morgan fingerprint density at radius 2 is 1.68 bits per heavy atom. The normalized spacial score (nSPS) is 11.0. The van der Waals surface area contributed by atoms with E-state index >= 15 is 0 Å². The molecular weight excluding hydrogens is 298 g/mol. The number of hydrogen-bond donors (Lipinski definition) is 0. The molecule has 22 heavy (non-hydrogen) atoms. The van der Waals surface area contributed by atoms with Crippen molar-refractivity contribution in [3.63, 3.8) is 0 Å². The van der Waals surface area contributed by atoms with Crippen molar-refractivity contribution in [2.45, 2.75) is 18.4 Å². The molecule has 2 rings (SSSR count). The first-order valence-corrected chi connectivity index (χ1v) is 8.16. The number of aldehydes is 1. The zero-order chi connectivity index (χ0) is 16.2. The van der Waals surface area contributed by atoms with Crippen molar-refractivity contribution in [1.82, 2.24) is 4.31 Å². The lowest BCUT2D eigenvalue weighted by Crippen LogP contribution is -2.30. The molecule has 2 aromatic carbocycles. The summed E-state index contributed by atoms with van der Waals surface area (Å²) < 4.78 is 26.5. The lowest BCUT2D eigenvalue weighted by Gasteiger charge is -2.23. The van der Waals surface area contributed by atoms with Gasteiger partial charge in [-0.15, -0.1) is 0 Å². The van der Waals surface area contributed by atoms with E-state index in [4.69, 9.17) is 0 Å². The van der Waals surface area contributed by atoms with Crippen LogP contribution in [0, 0.1) is 6.92 Å². The molecule has 0 aliphatic rings. The number of allylic oxidation sites excluding steroid dienone is 1. The second-order valence-corrected chi connectivity index (χ2v) is 6.78. The van der Waals surface area contributed by atoms with Crippen molar-refractivity contribution in [3.05, 3.63) is 78.0 Å². The first-order chi connectivity index (χ1) is 10.4. The molecule has 2 aromatic rings. The molecule has 0 bridgehead atoms. The highest BCUT2D eigenvalue weighted by molar-refractivity contribution is 7.89. The Bertz CT molecular complexity index is 765. The van der Waals surface area contributed by atoms with Crippen LogP contribution in [0.3, 0.4) is 0 Å². The van der Waals surface area contributed by atoms with Gasteiger partial charge in [-0.25, -0.2) is 8.42 Å². The van der Waals surface area contributed by atoms with Crippen molar-refractivity contribution >= 4 is 16.3 Å². The minimum Gasteiger partial charge on any atom is -0.296 e. The number of nitrogens with zero attached hydrogens (tertiary/aromatic N) is 1. The zero-order valence-electron chi connectivity index (χ0n) is 12.3. The fourth-order valence-electron chi connectivity index (χ4n) is 1.99. The number of aryl methyl sites for hydroxylation is 1. The van der Waals surface area contributed by atoms with Gasteiger partial charge in [-0.3, -0.25) is 9.10 Å². The molecule has 0 heterocycles. The molecular formula is C17H17NO3S. The molecule has 0 N–H and O–H groups in total. The van der Waals surface area contributed by atoms with E-state index in [1.807, 2.05) is 25.1 Å². The van der Waals surface area contributed by atoms with E-state index in [1.54, 1.807) is 24.3 Å². The predicted octanol–water partition coefficient (Wildman–Crippen LogP) is 2.90. The van der Waals surface area contributed by atoms with Gasteiger partial charge in [0.25, 0.3) is 10.0 Å². The molecule has 0 aliphatic heterocycles. The Labute approximate surface area is 130 Å². The number of hydrogen-bond acceptors (Lipinski definition) is 3. The van der Waals surface area contributed by atoms with Crippen LogP contribution in [0.15, 0.2) is 71.8 Å². The first kappa shape index (κ1) is 16.0.